The molecule has 3 nitrogen and oxygen atoms in total. The summed E-state index contributed by atoms with van der Waals surface area (Å²) in [5.74, 6) is -0.262. The van der Waals surface area contributed by atoms with Crippen molar-refractivity contribution in [2.75, 3.05) is 0 Å². The maximum absolute atomic E-state index is 13.1. The van der Waals surface area contributed by atoms with Gasteiger partial charge in [0.05, 0.1) is 23.0 Å². The van der Waals surface area contributed by atoms with Crippen molar-refractivity contribution in [2.24, 2.45) is 5.73 Å². The van der Waals surface area contributed by atoms with E-state index in [1.165, 1.54) is 12.1 Å². The number of halogens is 2. The van der Waals surface area contributed by atoms with E-state index in [-0.39, 0.29) is 5.82 Å². The largest absolute Gasteiger partial charge is 0.319 e. The van der Waals surface area contributed by atoms with Crippen molar-refractivity contribution in [2.45, 2.75) is 32.9 Å². The van der Waals surface area contributed by atoms with Gasteiger partial charge >= 0.3 is 0 Å². The number of aromatic nitrogens is 2. The molecule has 0 aliphatic rings. The molecule has 0 aliphatic heterocycles. The van der Waals surface area contributed by atoms with E-state index in [0.29, 0.717) is 5.02 Å². The second-order valence-electron chi connectivity index (χ2n) is 4.58. The minimum Gasteiger partial charge on any atom is -0.319 e. The van der Waals surface area contributed by atoms with Gasteiger partial charge in [-0.2, -0.15) is 5.10 Å². The van der Waals surface area contributed by atoms with Gasteiger partial charge in [0.2, 0.25) is 0 Å². The van der Waals surface area contributed by atoms with Crippen LogP contribution in [0.2, 0.25) is 5.02 Å². The van der Waals surface area contributed by atoms with E-state index in [4.69, 9.17) is 17.3 Å². The Morgan fingerprint density at radius 3 is 2.84 bits per heavy atom. The summed E-state index contributed by atoms with van der Waals surface area (Å²) in [6, 6.07) is 4.19. The molecule has 1 atom stereocenters. The Hall–Kier alpha value is -1.39. The molecule has 5 heteroatoms. The van der Waals surface area contributed by atoms with Crippen molar-refractivity contribution in [1.82, 2.24) is 9.78 Å². The molecule has 2 aromatic rings. The normalized spacial score (nSPS) is 12.7. The van der Waals surface area contributed by atoms with E-state index in [2.05, 4.69) is 12.0 Å². The summed E-state index contributed by atoms with van der Waals surface area (Å²) < 4.78 is 15.0. The number of nitrogens with two attached hydrogens (primary N) is 1. The van der Waals surface area contributed by atoms with Crippen LogP contribution in [0, 0.1) is 12.7 Å². The van der Waals surface area contributed by atoms with Gasteiger partial charge in [-0.3, -0.25) is 4.68 Å². The van der Waals surface area contributed by atoms with Crippen molar-refractivity contribution in [3.8, 4) is 0 Å². The third-order valence-corrected chi connectivity index (χ3v) is 3.42. The lowest BCUT2D eigenvalue weighted by Crippen LogP contribution is -2.19. The monoisotopic (exact) mass is 281 g/mol. The summed E-state index contributed by atoms with van der Waals surface area (Å²) in [5.41, 5.74) is 8.73. The van der Waals surface area contributed by atoms with Crippen LogP contribution in [0.25, 0.3) is 0 Å². The number of hydrogen-bond donors (Lipinski definition) is 1. The van der Waals surface area contributed by atoms with E-state index in [1.807, 2.05) is 11.6 Å². The average molecular weight is 282 g/mol. The van der Waals surface area contributed by atoms with Crippen LogP contribution in [0.5, 0.6) is 0 Å². The van der Waals surface area contributed by atoms with E-state index in [1.54, 1.807) is 12.3 Å². The molecule has 0 bridgehead atoms. The minimum atomic E-state index is -0.401. The zero-order valence-corrected chi connectivity index (χ0v) is 11.8. The molecule has 19 heavy (non-hydrogen) atoms. The van der Waals surface area contributed by atoms with Crippen molar-refractivity contribution in [3.05, 3.63) is 52.1 Å². The summed E-state index contributed by atoms with van der Waals surface area (Å²) in [6.07, 6.45) is 2.55. The van der Waals surface area contributed by atoms with Crippen LogP contribution < -0.4 is 5.73 Å². The van der Waals surface area contributed by atoms with Gasteiger partial charge < -0.3 is 5.73 Å². The fourth-order valence-corrected chi connectivity index (χ4v) is 2.47. The van der Waals surface area contributed by atoms with E-state index >= 15 is 0 Å². The quantitative estimate of drug-likeness (QED) is 0.933. The molecule has 0 saturated carbocycles. The lowest BCUT2D eigenvalue weighted by molar-refractivity contribution is 0.558. The Balaban J connectivity index is 2.43. The highest BCUT2D eigenvalue weighted by molar-refractivity contribution is 6.31. The zero-order valence-electron chi connectivity index (χ0n) is 11.0. The van der Waals surface area contributed by atoms with Crippen molar-refractivity contribution in [1.29, 1.82) is 0 Å². The van der Waals surface area contributed by atoms with E-state index < -0.39 is 6.04 Å². The Bertz CT molecular complexity index is 580. The molecule has 0 saturated heterocycles. The fourth-order valence-electron chi connectivity index (χ4n) is 2.21. The fraction of sp³-hybridized carbons (Fsp3) is 0.357. The molecule has 0 spiro atoms. The summed E-state index contributed by atoms with van der Waals surface area (Å²) in [7, 11) is 0. The zero-order chi connectivity index (χ0) is 14.0. The summed E-state index contributed by atoms with van der Waals surface area (Å²) in [4.78, 5) is 0. The molecule has 1 aromatic heterocycles. The first kappa shape index (κ1) is 14.0. The van der Waals surface area contributed by atoms with Crippen LogP contribution in [0.15, 0.2) is 24.4 Å². The molecule has 102 valence electrons. The van der Waals surface area contributed by atoms with Crippen molar-refractivity contribution >= 4 is 11.6 Å². The number of hydrogen-bond acceptors (Lipinski definition) is 2. The standard InChI is InChI=1S/C14H17ClFN3/c1-3-6-19-14(12(15)8-18-19)13(17)11-5-4-10(16)7-9(11)2/h4-5,7-8,13H,3,6,17H2,1-2H3. The third kappa shape index (κ3) is 2.80. The van der Waals surface area contributed by atoms with Gasteiger partial charge in [-0.1, -0.05) is 24.6 Å². The summed E-state index contributed by atoms with van der Waals surface area (Å²) in [6.45, 7) is 4.66. The van der Waals surface area contributed by atoms with Crippen molar-refractivity contribution in [3.63, 3.8) is 0 Å². The SMILES string of the molecule is CCCn1ncc(Cl)c1C(N)c1ccc(F)cc1C. The summed E-state index contributed by atoms with van der Waals surface area (Å²) in [5, 5.41) is 4.78. The first-order valence-electron chi connectivity index (χ1n) is 6.27. The molecule has 1 heterocycles. The topological polar surface area (TPSA) is 43.8 Å². The third-order valence-electron chi connectivity index (χ3n) is 3.13. The molecule has 2 N–H and O–H groups in total. The smallest absolute Gasteiger partial charge is 0.123 e. The Labute approximate surface area is 117 Å². The van der Waals surface area contributed by atoms with Gasteiger partial charge in [0.1, 0.15) is 5.82 Å². The number of nitrogens with zero attached hydrogens (tertiary/aromatic N) is 2. The Morgan fingerprint density at radius 2 is 2.21 bits per heavy atom. The number of aryl methyl sites for hydroxylation is 2. The number of rotatable bonds is 4. The van der Waals surface area contributed by atoms with Crippen LogP contribution in [-0.4, -0.2) is 9.78 Å². The van der Waals surface area contributed by atoms with Gasteiger partial charge in [-0.05, 0) is 36.6 Å². The second kappa shape index (κ2) is 5.72. The minimum absolute atomic E-state index is 0.262. The highest BCUT2D eigenvalue weighted by Crippen LogP contribution is 2.28. The van der Waals surface area contributed by atoms with E-state index in [0.717, 1.165) is 29.8 Å². The molecule has 0 amide bonds. The predicted molar refractivity (Wildman–Crippen MR) is 74.7 cm³/mol. The second-order valence-corrected chi connectivity index (χ2v) is 4.99. The van der Waals surface area contributed by atoms with Crippen LogP contribution in [-0.2, 0) is 6.54 Å². The van der Waals surface area contributed by atoms with E-state index in [9.17, 15) is 4.39 Å². The lowest BCUT2D eigenvalue weighted by Gasteiger charge is -2.17. The van der Waals surface area contributed by atoms with Gasteiger partial charge in [0.15, 0.2) is 0 Å². The lowest BCUT2D eigenvalue weighted by atomic mass is 9.99. The highest BCUT2D eigenvalue weighted by atomic mass is 35.5. The van der Waals surface area contributed by atoms with Gasteiger partial charge in [-0.15, -0.1) is 0 Å². The molecule has 0 fully saturated rings. The molecule has 1 unspecified atom stereocenters. The first-order valence-corrected chi connectivity index (χ1v) is 6.65. The van der Waals surface area contributed by atoms with Gasteiger partial charge in [0, 0.05) is 6.54 Å². The van der Waals surface area contributed by atoms with Crippen molar-refractivity contribution < 1.29 is 4.39 Å². The maximum Gasteiger partial charge on any atom is 0.123 e. The number of benzene rings is 1. The van der Waals surface area contributed by atoms with Crippen LogP contribution in [0.3, 0.4) is 0 Å². The highest BCUT2D eigenvalue weighted by Gasteiger charge is 2.20. The Morgan fingerprint density at radius 1 is 1.47 bits per heavy atom. The molecular weight excluding hydrogens is 265 g/mol. The maximum atomic E-state index is 13.1. The first-order chi connectivity index (χ1) is 9.04. The van der Waals surface area contributed by atoms with Crippen LogP contribution >= 0.6 is 11.6 Å². The van der Waals surface area contributed by atoms with Gasteiger partial charge in [0.25, 0.3) is 0 Å². The van der Waals surface area contributed by atoms with Crippen LogP contribution in [0.4, 0.5) is 4.39 Å². The molecule has 1 aromatic carbocycles. The molecule has 0 aliphatic carbocycles. The predicted octanol–water partition coefficient (Wildman–Crippen LogP) is 3.44. The molecule has 2 rings (SSSR count). The molecule has 0 radical (unpaired) electrons. The average Bonchev–Trinajstić information content (AvgIpc) is 2.70. The summed E-state index contributed by atoms with van der Waals surface area (Å²) >= 11 is 6.17. The van der Waals surface area contributed by atoms with Gasteiger partial charge in [-0.25, -0.2) is 4.39 Å². The molecular formula is C14H17ClFN3. The van der Waals surface area contributed by atoms with Crippen LogP contribution in [0.1, 0.15) is 36.2 Å². The Kier molecular flexibility index (Phi) is 4.22.